The van der Waals surface area contributed by atoms with Crippen LogP contribution < -0.4 is 10.6 Å². The molecule has 0 radical (unpaired) electrons. The fourth-order valence-electron chi connectivity index (χ4n) is 4.26. The number of amides is 3. The summed E-state index contributed by atoms with van der Waals surface area (Å²) in [5.74, 6) is -0.622. The summed E-state index contributed by atoms with van der Waals surface area (Å²) in [6, 6.07) is 6.76. The minimum atomic E-state index is -0.792. The van der Waals surface area contributed by atoms with Gasteiger partial charge in [0.15, 0.2) is 0 Å². The van der Waals surface area contributed by atoms with E-state index in [2.05, 4.69) is 10.6 Å². The molecule has 0 bridgehead atoms. The van der Waals surface area contributed by atoms with Gasteiger partial charge in [-0.1, -0.05) is 12.5 Å². The predicted octanol–water partition coefficient (Wildman–Crippen LogP) is 2.75. The lowest BCUT2D eigenvalue weighted by molar-refractivity contribution is -0.149. The van der Waals surface area contributed by atoms with Gasteiger partial charge in [-0.2, -0.15) is 0 Å². The molecule has 2 aliphatic carbocycles. The van der Waals surface area contributed by atoms with Crippen LogP contribution in [0, 0.1) is 17.3 Å². The number of carbonyl (C=O) groups is 3. The summed E-state index contributed by atoms with van der Waals surface area (Å²) in [6.07, 6.45) is 4.28. The second-order valence-electron chi connectivity index (χ2n) is 7.71. The van der Waals surface area contributed by atoms with E-state index in [4.69, 9.17) is 0 Å². The molecule has 4 rings (SSSR count). The topological polar surface area (TPSA) is 98.7 Å². The van der Waals surface area contributed by atoms with Gasteiger partial charge in [-0.25, -0.2) is 4.79 Å². The Labute approximate surface area is 151 Å². The van der Waals surface area contributed by atoms with Crippen LogP contribution in [-0.2, 0) is 9.59 Å². The van der Waals surface area contributed by atoms with Crippen LogP contribution in [0.25, 0.3) is 0 Å². The molecule has 2 atom stereocenters. The molecular weight excluding hydrogens is 334 g/mol. The van der Waals surface area contributed by atoms with Crippen molar-refractivity contribution < 1.29 is 19.5 Å². The Morgan fingerprint density at radius 1 is 1.12 bits per heavy atom. The van der Waals surface area contributed by atoms with Gasteiger partial charge in [0.2, 0.25) is 5.91 Å². The number of carbonyl (C=O) groups excluding carboxylic acids is 2. The summed E-state index contributed by atoms with van der Waals surface area (Å²) in [7, 11) is 0. The van der Waals surface area contributed by atoms with Crippen molar-refractivity contribution >= 4 is 29.3 Å². The summed E-state index contributed by atoms with van der Waals surface area (Å²) in [4.78, 5) is 37.8. The summed E-state index contributed by atoms with van der Waals surface area (Å²) >= 11 is 0. The summed E-state index contributed by atoms with van der Waals surface area (Å²) in [5, 5.41) is 15.3. The second kappa shape index (κ2) is 6.30. The SMILES string of the molecule is O=C(Nc1cccc(NC(=O)N2C[C@@H]3CCC[C@@]3(C(=O)O)C2)c1)C1CC1. The van der Waals surface area contributed by atoms with E-state index in [-0.39, 0.29) is 30.3 Å². The van der Waals surface area contributed by atoms with Crippen LogP contribution in [0.15, 0.2) is 24.3 Å². The summed E-state index contributed by atoms with van der Waals surface area (Å²) in [5.41, 5.74) is 0.460. The van der Waals surface area contributed by atoms with Crippen molar-refractivity contribution in [2.24, 2.45) is 17.3 Å². The van der Waals surface area contributed by atoms with Crippen molar-refractivity contribution in [3.8, 4) is 0 Å². The average Bonchev–Trinajstić information content (AvgIpc) is 3.26. The number of likely N-dealkylation sites (tertiary alicyclic amines) is 1. The summed E-state index contributed by atoms with van der Waals surface area (Å²) < 4.78 is 0. The molecule has 26 heavy (non-hydrogen) atoms. The third-order valence-corrected chi connectivity index (χ3v) is 5.91. The largest absolute Gasteiger partial charge is 0.481 e. The molecule has 3 N–H and O–H groups in total. The first kappa shape index (κ1) is 16.9. The van der Waals surface area contributed by atoms with Crippen LogP contribution in [0.3, 0.4) is 0 Å². The molecule has 7 nitrogen and oxygen atoms in total. The van der Waals surface area contributed by atoms with E-state index in [0.29, 0.717) is 24.3 Å². The van der Waals surface area contributed by atoms with Gasteiger partial charge in [-0.15, -0.1) is 0 Å². The highest BCUT2D eigenvalue weighted by atomic mass is 16.4. The van der Waals surface area contributed by atoms with Crippen LogP contribution in [0.1, 0.15) is 32.1 Å². The molecule has 1 saturated heterocycles. The van der Waals surface area contributed by atoms with E-state index in [0.717, 1.165) is 25.7 Å². The van der Waals surface area contributed by atoms with E-state index in [9.17, 15) is 19.5 Å². The Morgan fingerprint density at radius 3 is 2.50 bits per heavy atom. The van der Waals surface area contributed by atoms with Gasteiger partial charge >= 0.3 is 12.0 Å². The zero-order chi connectivity index (χ0) is 18.3. The Balaban J connectivity index is 1.41. The maximum Gasteiger partial charge on any atom is 0.321 e. The molecule has 3 aliphatic rings. The van der Waals surface area contributed by atoms with E-state index < -0.39 is 11.4 Å². The molecule has 3 fully saturated rings. The molecule has 1 heterocycles. The van der Waals surface area contributed by atoms with E-state index >= 15 is 0 Å². The lowest BCUT2D eigenvalue weighted by Crippen LogP contribution is -2.38. The summed E-state index contributed by atoms with van der Waals surface area (Å²) in [6.45, 7) is 0.743. The Morgan fingerprint density at radius 2 is 1.85 bits per heavy atom. The maximum absolute atomic E-state index is 12.6. The molecule has 3 amide bonds. The number of carboxylic acids is 1. The number of nitrogens with zero attached hydrogens (tertiary/aromatic N) is 1. The number of carboxylic acid groups (broad SMARTS) is 1. The number of aliphatic carboxylic acids is 1. The number of hydrogen-bond acceptors (Lipinski definition) is 3. The van der Waals surface area contributed by atoms with Crippen LogP contribution in [0.5, 0.6) is 0 Å². The molecule has 2 saturated carbocycles. The normalized spacial score (nSPS) is 27.1. The van der Waals surface area contributed by atoms with Crippen molar-refractivity contribution in [3.63, 3.8) is 0 Å². The molecule has 1 aromatic carbocycles. The fraction of sp³-hybridized carbons (Fsp3) is 0.526. The first-order valence-electron chi connectivity index (χ1n) is 9.18. The number of fused-ring (bicyclic) bond motifs is 1. The van der Waals surface area contributed by atoms with Crippen LogP contribution in [0.4, 0.5) is 16.2 Å². The number of benzene rings is 1. The highest BCUT2D eigenvalue weighted by Gasteiger charge is 2.55. The smallest absolute Gasteiger partial charge is 0.321 e. The van der Waals surface area contributed by atoms with Crippen LogP contribution >= 0.6 is 0 Å². The number of nitrogens with one attached hydrogen (secondary N) is 2. The molecule has 7 heteroatoms. The molecule has 138 valence electrons. The molecule has 1 aliphatic heterocycles. The highest BCUT2D eigenvalue weighted by Crippen LogP contribution is 2.48. The van der Waals surface area contributed by atoms with E-state index in [1.807, 2.05) is 0 Å². The Kier molecular flexibility index (Phi) is 4.09. The minimum Gasteiger partial charge on any atom is -0.481 e. The second-order valence-corrected chi connectivity index (χ2v) is 7.71. The van der Waals surface area contributed by atoms with Gasteiger partial charge in [-0.05, 0) is 49.8 Å². The van der Waals surface area contributed by atoms with Gasteiger partial charge in [0.25, 0.3) is 0 Å². The minimum absolute atomic E-state index is 0.0178. The monoisotopic (exact) mass is 357 g/mol. The third kappa shape index (κ3) is 3.02. The number of hydrogen-bond donors (Lipinski definition) is 3. The van der Waals surface area contributed by atoms with Crippen molar-refractivity contribution in [2.75, 3.05) is 23.7 Å². The number of urea groups is 1. The average molecular weight is 357 g/mol. The zero-order valence-electron chi connectivity index (χ0n) is 14.5. The van der Waals surface area contributed by atoms with E-state index in [1.54, 1.807) is 29.2 Å². The van der Waals surface area contributed by atoms with Gasteiger partial charge in [0, 0.05) is 30.4 Å². The van der Waals surface area contributed by atoms with Gasteiger partial charge in [0.05, 0.1) is 5.41 Å². The molecule has 0 spiro atoms. The number of anilines is 2. The van der Waals surface area contributed by atoms with Crippen molar-refractivity contribution in [2.45, 2.75) is 32.1 Å². The molecule has 0 unspecified atom stereocenters. The van der Waals surface area contributed by atoms with Crippen LogP contribution in [-0.4, -0.2) is 41.0 Å². The molecule has 1 aromatic rings. The first-order valence-corrected chi connectivity index (χ1v) is 9.18. The van der Waals surface area contributed by atoms with E-state index in [1.165, 1.54) is 0 Å². The molecular formula is C19H23N3O4. The first-order chi connectivity index (χ1) is 12.5. The zero-order valence-corrected chi connectivity index (χ0v) is 14.5. The van der Waals surface area contributed by atoms with Crippen molar-refractivity contribution in [1.82, 2.24) is 4.90 Å². The van der Waals surface area contributed by atoms with Crippen LogP contribution in [0.2, 0.25) is 0 Å². The lowest BCUT2D eigenvalue weighted by atomic mass is 9.81. The van der Waals surface area contributed by atoms with Gasteiger partial charge in [0.1, 0.15) is 0 Å². The van der Waals surface area contributed by atoms with Gasteiger partial charge in [-0.3, -0.25) is 9.59 Å². The Hall–Kier alpha value is -2.57. The van der Waals surface area contributed by atoms with Crippen molar-refractivity contribution in [3.05, 3.63) is 24.3 Å². The highest BCUT2D eigenvalue weighted by molar-refractivity contribution is 5.95. The third-order valence-electron chi connectivity index (χ3n) is 5.91. The lowest BCUT2D eigenvalue weighted by Gasteiger charge is -2.23. The standard InChI is InChI=1S/C19H23N3O4/c23-16(12-6-7-12)20-14-4-1-5-15(9-14)21-18(26)22-10-13-3-2-8-19(13,11-22)17(24)25/h1,4-5,9,12-13H,2-3,6-8,10-11H2,(H,20,23)(H,21,26)(H,24,25)/t13-,19+/m0/s1. The van der Waals surface area contributed by atoms with Crippen molar-refractivity contribution in [1.29, 1.82) is 0 Å². The maximum atomic E-state index is 12.6. The van der Waals surface area contributed by atoms with Gasteiger partial charge < -0.3 is 20.6 Å². The fourth-order valence-corrected chi connectivity index (χ4v) is 4.26. The number of rotatable bonds is 4. The molecule has 0 aromatic heterocycles. The quantitative estimate of drug-likeness (QED) is 0.771. The predicted molar refractivity (Wildman–Crippen MR) is 95.8 cm³/mol. The Bertz CT molecular complexity index is 761.